The summed E-state index contributed by atoms with van der Waals surface area (Å²) in [6.45, 7) is 2.99. The highest BCUT2D eigenvalue weighted by molar-refractivity contribution is 5.94. The Balaban J connectivity index is 1.50. The van der Waals surface area contributed by atoms with Crippen molar-refractivity contribution in [2.24, 2.45) is 0 Å². The molecule has 0 aromatic heterocycles. The van der Waals surface area contributed by atoms with Crippen LogP contribution in [-0.4, -0.2) is 24.6 Å². The summed E-state index contributed by atoms with van der Waals surface area (Å²) in [4.78, 5) is 24.1. The zero-order valence-electron chi connectivity index (χ0n) is 14.7. The summed E-state index contributed by atoms with van der Waals surface area (Å²) in [5.74, 6) is -0.121. The molecule has 0 aliphatic carbocycles. The molecule has 3 rings (SSSR count). The van der Waals surface area contributed by atoms with Gasteiger partial charge in [0.25, 0.3) is 5.91 Å². The number of amides is 3. The lowest BCUT2D eigenvalue weighted by atomic mass is 10.2. The smallest absolute Gasteiger partial charge is 0.319 e. The van der Waals surface area contributed by atoms with Crippen LogP contribution in [0.1, 0.15) is 24.0 Å². The zero-order chi connectivity index (χ0) is 18.4. The first-order valence-electron chi connectivity index (χ1n) is 8.73. The Bertz CT molecular complexity index is 768. The van der Waals surface area contributed by atoms with Gasteiger partial charge in [0.05, 0.1) is 0 Å². The zero-order valence-corrected chi connectivity index (χ0v) is 14.7. The highest BCUT2D eigenvalue weighted by Gasteiger charge is 2.23. The maximum Gasteiger partial charge on any atom is 0.319 e. The maximum absolute atomic E-state index is 12.1. The van der Waals surface area contributed by atoms with Gasteiger partial charge >= 0.3 is 6.03 Å². The standard InChI is InChI=1S/C20H23N3O3/c1-14-7-9-16(10-8-14)23-20(25)21-13-15-4-2-5-17(12-15)22-19(24)18-6-3-11-26-18/h2,4-5,7-10,12,18H,3,6,11,13H2,1H3,(H,22,24)(H2,21,23,25). The lowest BCUT2D eigenvalue weighted by Crippen LogP contribution is -2.28. The van der Waals surface area contributed by atoms with Crippen LogP contribution >= 0.6 is 0 Å². The molecule has 26 heavy (non-hydrogen) atoms. The summed E-state index contributed by atoms with van der Waals surface area (Å²) in [5, 5.41) is 8.46. The van der Waals surface area contributed by atoms with Gasteiger partial charge in [-0.1, -0.05) is 29.8 Å². The third-order valence-corrected chi connectivity index (χ3v) is 4.18. The van der Waals surface area contributed by atoms with E-state index in [4.69, 9.17) is 4.74 Å². The first kappa shape index (κ1) is 17.9. The van der Waals surface area contributed by atoms with E-state index in [1.54, 1.807) is 0 Å². The maximum atomic E-state index is 12.1. The molecule has 1 saturated heterocycles. The van der Waals surface area contributed by atoms with E-state index in [1.807, 2.05) is 55.5 Å². The predicted molar refractivity (Wildman–Crippen MR) is 101 cm³/mol. The average Bonchev–Trinajstić information content (AvgIpc) is 3.17. The van der Waals surface area contributed by atoms with E-state index in [0.29, 0.717) is 18.8 Å². The van der Waals surface area contributed by atoms with E-state index < -0.39 is 0 Å². The second kappa shape index (κ2) is 8.49. The summed E-state index contributed by atoms with van der Waals surface area (Å²) in [5.41, 5.74) is 3.47. The van der Waals surface area contributed by atoms with Crippen molar-refractivity contribution in [3.05, 3.63) is 59.7 Å². The highest BCUT2D eigenvalue weighted by atomic mass is 16.5. The molecule has 1 unspecified atom stereocenters. The van der Waals surface area contributed by atoms with Gasteiger partial charge in [0.2, 0.25) is 0 Å². The van der Waals surface area contributed by atoms with Crippen molar-refractivity contribution < 1.29 is 14.3 Å². The van der Waals surface area contributed by atoms with E-state index in [2.05, 4.69) is 16.0 Å². The van der Waals surface area contributed by atoms with Crippen LogP contribution in [0, 0.1) is 6.92 Å². The third kappa shape index (κ3) is 5.07. The van der Waals surface area contributed by atoms with Gasteiger partial charge in [0.1, 0.15) is 6.10 Å². The Morgan fingerprint density at radius 1 is 1.08 bits per heavy atom. The molecule has 0 bridgehead atoms. The molecule has 1 aliphatic rings. The van der Waals surface area contributed by atoms with Crippen molar-refractivity contribution in [3.63, 3.8) is 0 Å². The quantitative estimate of drug-likeness (QED) is 0.770. The molecular formula is C20H23N3O3. The number of anilines is 2. The Hall–Kier alpha value is -2.86. The summed E-state index contributed by atoms with van der Waals surface area (Å²) in [6, 6.07) is 14.7. The molecule has 0 saturated carbocycles. The number of benzene rings is 2. The molecule has 2 aromatic carbocycles. The molecule has 6 nitrogen and oxygen atoms in total. The van der Waals surface area contributed by atoms with Crippen LogP contribution in [0.4, 0.5) is 16.2 Å². The third-order valence-electron chi connectivity index (χ3n) is 4.18. The molecule has 1 fully saturated rings. The summed E-state index contributed by atoms with van der Waals surface area (Å²) in [6.07, 6.45) is 1.31. The summed E-state index contributed by atoms with van der Waals surface area (Å²) >= 11 is 0. The monoisotopic (exact) mass is 353 g/mol. The number of ether oxygens (including phenoxy) is 1. The van der Waals surface area contributed by atoms with Crippen molar-refractivity contribution in [3.8, 4) is 0 Å². The predicted octanol–water partition coefficient (Wildman–Crippen LogP) is 3.43. The topological polar surface area (TPSA) is 79.5 Å². The van der Waals surface area contributed by atoms with E-state index >= 15 is 0 Å². The number of nitrogens with one attached hydrogen (secondary N) is 3. The molecule has 1 heterocycles. The van der Waals surface area contributed by atoms with Crippen molar-refractivity contribution in [2.45, 2.75) is 32.4 Å². The number of hydrogen-bond acceptors (Lipinski definition) is 3. The van der Waals surface area contributed by atoms with Crippen LogP contribution < -0.4 is 16.0 Å². The molecule has 1 atom stereocenters. The molecule has 136 valence electrons. The van der Waals surface area contributed by atoms with Crippen LogP contribution in [-0.2, 0) is 16.1 Å². The van der Waals surface area contributed by atoms with Crippen molar-refractivity contribution in [1.82, 2.24) is 5.32 Å². The van der Waals surface area contributed by atoms with Gasteiger partial charge in [0.15, 0.2) is 0 Å². The van der Waals surface area contributed by atoms with Crippen LogP contribution in [0.3, 0.4) is 0 Å². The number of carbonyl (C=O) groups excluding carboxylic acids is 2. The van der Waals surface area contributed by atoms with Gasteiger partial charge in [0, 0.05) is 24.5 Å². The minimum Gasteiger partial charge on any atom is -0.368 e. The van der Waals surface area contributed by atoms with E-state index in [-0.39, 0.29) is 18.0 Å². The highest BCUT2D eigenvalue weighted by Crippen LogP contribution is 2.16. The lowest BCUT2D eigenvalue weighted by molar-refractivity contribution is -0.124. The fraction of sp³-hybridized carbons (Fsp3) is 0.300. The molecule has 1 aliphatic heterocycles. The second-order valence-corrected chi connectivity index (χ2v) is 6.36. The van der Waals surface area contributed by atoms with E-state index in [9.17, 15) is 9.59 Å². The molecular weight excluding hydrogens is 330 g/mol. The number of urea groups is 1. The Morgan fingerprint density at radius 2 is 1.88 bits per heavy atom. The minimum atomic E-state index is -0.364. The van der Waals surface area contributed by atoms with E-state index in [1.165, 1.54) is 0 Å². The Morgan fingerprint density at radius 3 is 2.62 bits per heavy atom. The molecule has 0 spiro atoms. The lowest BCUT2D eigenvalue weighted by Gasteiger charge is -2.12. The SMILES string of the molecule is Cc1ccc(NC(=O)NCc2cccc(NC(=O)C3CCCO3)c2)cc1. The van der Waals surface area contributed by atoms with Gasteiger partial charge < -0.3 is 20.7 Å². The van der Waals surface area contributed by atoms with E-state index in [0.717, 1.165) is 29.7 Å². The largest absolute Gasteiger partial charge is 0.368 e. The molecule has 3 N–H and O–H groups in total. The van der Waals surface area contributed by atoms with Gasteiger partial charge in [-0.15, -0.1) is 0 Å². The molecule has 0 radical (unpaired) electrons. The number of rotatable bonds is 5. The number of aryl methyl sites for hydroxylation is 1. The van der Waals surface area contributed by atoms with Crippen LogP contribution in [0.15, 0.2) is 48.5 Å². The fourth-order valence-corrected chi connectivity index (χ4v) is 2.76. The van der Waals surface area contributed by atoms with Crippen molar-refractivity contribution in [1.29, 1.82) is 0 Å². The fourth-order valence-electron chi connectivity index (χ4n) is 2.76. The Kier molecular flexibility index (Phi) is 5.86. The first-order chi connectivity index (χ1) is 12.6. The number of carbonyl (C=O) groups is 2. The van der Waals surface area contributed by atoms with Crippen LogP contribution in [0.25, 0.3) is 0 Å². The summed E-state index contributed by atoms with van der Waals surface area (Å²) in [7, 11) is 0. The van der Waals surface area contributed by atoms with Gasteiger partial charge in [-0.25, -0.2) is 4.79 Å². The van der Waals surface area contributed by atoms with Gasteiger partial charge in [-0.2, -0.15) is 0 Å². The summed E-state index contributed by atoms with van der Waals surface area (Å²) < 4.78 is 5.38. The van der Waals surface area contributed by atoms with Gasteiger partial charge in [-0.3, -0.25) is 4.79 Å². The first-order valence-corrected chi connectivity index (χ1v) is 8.73. The average molecular weight is 353 g/mol. The van der Waals surface area contributed by atoms with Crippen molar-refractivity contribution in [2.75, 3.05) is 17.2 Å². The minimum absolute atomic E-state index is 0.121. The molecule has 3 amide bonds. The Labute approximate surface area is 152 Å². The van der Waals surface area contributed by atoms with Crippen LogP contribution in [0.5, 0.6) is 0 Å². The van der Waals surface area contributed by atoms with Gasteiger partial charge in [-0.05, 0) is 49.6 Å². The normalized spacial score (nSPS) is 16.1. The molecule has 6 heteroatoms. The van der Waals surface area contributed by atoms with Crippen LogP contribution in [0.2, 0.25) is 0 Å². The number of hydrogen-bond donors (Lipinski definition) is 3. The van der Waals surface area contributed by atoms with Crippen molar-refractivity contribution >= 4 is 23.3 Å². The molecule has 2 aromatic rings. The second-order valence-electron chi connectivity index (χ2n) is 6.36.